The van der Waals surface area contributed by atoms with Crippen molar-refractivity contribution in [2.24, 2.45) is 0 Å². The van der Waals surface area contributed by atoms with Crippen molar-refractivity contribution in [1.82, 2.24) is 0 Å². The maximum absolute atomic E-state index is 13.9. The molecule has 88 valence electrons. The average Bonchev–Trinajstić information content (AvgIpc) is 2.35. The molecule has 3 heteroatoms. The highest BCUT2D eigenvalue weighted by molar-refractivity contribution is 7.95. The van der Waals surface area contributed by atoms with Crippen molar-refractivity contribution in [2.45, 2.75) is 13.8 Å². The summed E-state index contributed by atoms with van der Waals surface area (Å²) in [6, 6.07) is 13.0. The Kier molecular flexibility index (Phi) is 3.81. The van der Waals surface area contributed by atoms with Gasteiger partial charge in [0.25, 0.3) is 0 Å². The fraction of sp³-hybridized carbons (Fsp3) is 0.143. The molecule has 0 saturated carbocycles. The zero-order valence-corrected chi connectivity index (χ0v) is 11.4. The molecule has 0 bridgehead atoms. The van der Waals surface area contributed by atoms with Gasteiger partial charge in [0.1, 0.15) is 5.82 Å². The number of hydrogen-bond donors (Lipinski definition) is 0. The minimum absolute atomic E-state index is 0.210. The van der Waals surface area contributed by atoms with Crippen LogP contribution in [0, 0.1) is 19.7 Å². The second kappa shape index (κ2) is 5.16. The SMILES string of the molecule is Cc1ccc(F)c(P(Cl)c2ccccc2)c1C. The van der Waals surface area contributed by atoms with Gasteiger partial charge in [-0.05, 0) is 36.3 Å². The molecule has 0 aliphatic rings. The molecule has 0 aliphatic heterocycles. The Balaban J connectivity index is 2.51. The van der Waals surface area contributed by atoms with Crippen LogP contribution in [0.25, 0.3) is 0 Å². The molecule has 0 aromatic heterocycles. The van der Waals surface area contributed by atoms with Crippen LogP contribution in [0.5, 0.6) is 0 Å². The third kappa shape index (κ3) is 2.51. The van der Waals surface area contributed by atoms with E-state index in [4.69, 9.17) is 11.2 Å². The third-order valence-electron chi connectivity index (χ3n) is 2.83. The quantitative estimate of drug-likeness (QED) is 0.720. The number of benzene rings is 2. The van der Waals surface area contributed by atoms with Crippen LogP contribution >= 0.6 is 18.5 Å². The largest absolute Gasteiger partial charge is 0.206 e. The van der Waals surface area contributed by atoms with Crippen LogP contribution in [0.2, 0.25) is 0 Å². The fourth-order valence-electron chi connectivity index (χ4n) is 1.70. The van der Waals surface area contributed by atoms with Crippen LogP contribution in [0.15, 0.2) is 42.5 Å². The second-order valence-electron chi connectivity index (χ2n) is 3.95. The predicted octanol–water partition coefficient (Wildman–Crippen LogP) is 4.03. The smallest absolute Gasteiger partial charge is 0.132 e. The lowest BCUT2D eigenvalue weighted by molar-refractivity contribution is 0.635. The minimum Gasteiger partial charge on any atom is -0.206 e. The van der Waals surface area contributed by atoms with Crippen LogP contribution in [-0.2, 0) is 0 Å². The molecule has 2 aromatic carbocycles. The van der Waals surface area contributed by atoms with Gasteiger partial charge in [-0.2, -0.15) is 0 Å². The Morgan fingerprint density at radius 1 is 1.00 bits per heavy atom. The van der Waals surface area contributed by atoms with Gasteiger partial charge in [-0.3, -0.25) is 0 Å². The molecule has 0 nitrogen and oxygen atoms in total. The highest BCUT2D eigenvalue weighted by Gasteiger charge is 2.18. The lowest BCUT2D eigenvalue weighted by Gasteiger charge is -2.15. The number of aryl methyl sites for hydroxylation is 1. The molecule has 2 rings (SSSR count). The van der Waals surface area contributed by atoms with Crippen molar-refractivity contribution >= 4 is 29.1 Å². The molecule has 0 saturated heterocycles. The van der Waals surface area contributed by atoms with E-state index in [-0.39, 0.29) is 5.82 Å². The minimum atomic E-state index is -1.13. The van der Waals surface area contributed by atoms with E-state index in [0.717, 1.165) is 16.4 Å². The first-order valence-electron chi connectivity index (χ1n) is 5.38. The molecule has 0 aliphatic carbocycles. The van der Waals surface area contributed by atoms with E-state index in [9.17, 15) is 4.39 Å². The van der Waals surface area contributed by atoms with Crippen molar-refractivity contribution in [1.29, 1.82) is 0 Å². The Morgan fingerprint density at radius 3 is 2.29 bits per heavy atom. The van der Waals surface area contributed by atoms with E-state index >= 15 is 0 Å². The Morgan fingerprint density at radius 2 is 1.65 bits per heavy atom. The van der Waals surface area contributed by atoms with E-state index in [1.807, 2.05) is 44.2 Å². The van der Waals surface area contributed by atoms with Crippen LogP contribution in [0.1, 0.15) is 11.1 Å². The van der Waals surface area contributed by atoms with Crippen molar-refractivity contribution in [3.63, 3.8) is 0 Å². The summed E-state index contributed by atoms with van der Waals surface area (Å²) in [6.45, 7) is 3.90. The van der Waals surface area contributed by atoms with Gasteiger partial charge in [0.05, 0.1) is 7.27 Å². The van der Waals surface area contributed by atoms with Gasteiger partial charge < -0.3 is 0 Å². The van der Waals surface area contributed by atoms with Crippen LogP contribution in [0.4, 0.5) is 4.39 Å². The number of hydrogen-bond acceptors (Lipinski definition) is 0. The second-order valence-corrected chi connectivity index (χ2v) is 6.49. The van der Waals surface area contributed by atoms with Crippen molar-refractivity contribution < 1.29 is 4.39 Å². The standard InChI is InChI=1S/C14H13ClFP/c1-10-8-9-13(16)14(11(10)2)17(15)12-6-4-3-5-7-12/h3-9H,1-2H3. The fourth-order valence-corrected chi connectivity index (χ4v) is 4.08. The maximum atomic E-state index is 13.9. The van der Waals surface area contributed by atoms with Gasteiger partial charge in [-0.15, -0.1) is 0 Å². The maximum Gasteiger partial charge on any atom is 0.132 e. The summed E-state index contributed by atoms with van der Waals surface area (Å²) < 4.78 is 13.9. The van der Waals surface area contributed by atoms with E-state index in [1.54, 1.807) is 6.07 Å². The Hall–Kier alpha value is -0.910. The molecule has 0 spiro atoms. The molecule has 0 fully saturated rings. The molecular formula is C14H13ClFP. The molecule has 17 heavy (non-hydrogen) atoms. The third-order valence-corrected chi connectivity index (χ3v) is 5.62. The van der Waals surface area contributed by atoms with Crippen LogP contribution in [-0.4, -0.2) is 0 Å². The van der Waals surface area contributed by atoms with Crippen molar-refractivity contribution in [2.75, 3.05) is 0 Å². The summed E-state index contributed by atoms with van der Waals surface area (Å²) in [7, 11) is -1.13. The summed E-state index contributed by atoms with van der Waals surface area (Å²) >= 11 is 6.44. The van der Waals surface area contributed by atoms with Crippen LogP contribution in [0.3, 0.4) is 0 Å². The van der Waals surface area contributed by atoms with E-state index in [1.165, 1.54) is 6.07 Å². The molecule has 0 N–H and O–H groups in total. The highest BCUT2D eigenvalue weighted by atomic mass is 35.7. The molecule has 0 amide bonds. The summed E-state index contributed by atoms with van der Waals surface area (Å²) in [5.41, 5.74) is 2.03. The Bertz CT molecular complexity index is 525. The zero-order valence-electron chi connectivity index (χ0n) is 9.74. The van der Waals surface area contributed by atoms with Gasteiger partial charge >= 0.3 is 0 Å². The molecule has 2 aromatic rings. The normalized spacial score (nSPS) is 12.5. The van der Waals surface area contributed by atoms with E-state index in [2.05, 4.69) is 0 Å². The summed E-state index contributed by atoms with van der Waals surface area (Å²) in [5, 5.41) is 1.63. The van der Waals surface area contributed by atoms with Crippen molar-refractivity contribution in [3.8, 4) is 0 Å². The first-order chi connectivity index (χ1) is 8.11. The highest BCUT2D eigenvalue weighted by Crippen LogP contribution is 2.41. The van der Waals surface area contributed by atoms with E-state index < -0.39 is 7.27 Å². The zero-order chi connectivity index (χ0) is 12.4. The van der Waals surface area contributed by atoms with Gasteiger partial charge in [-0.25, -0.2) is 4.39 Å². The lowest BCUT2D eigenvalue weighted by Crippen LogP contribution is -2.16. The first-order valence-corrected chi connectivity index (χ1v) is 7.62. The number of halogens is 2. The Labute approximate surface area is 107 Å². The topological polar surface area (TPSA) is 0 Å². The van der Waals surface area contributed by atoms with Gasteiger partial charge in [0, 0.05) is 5.30 Å². The van der Waals surface area contributed by atoms with Gasteiger partial charge in [0.15, 0.2) is 0 Å². The summed E-state index contributed by atoms with van der Waals surface area (Å²) in [5.74, 6) is -0.210. The summed E-state index contributed by atoms with van der Waals surface area (Å²) in [6.07, 6.45) is 0. The molecule has 0 radical (unpaired) electrons. The predicted molar refractivity (Wildman–Crippen MR) is 74.4 cm³/mol. The van der Waals surface area contributed by atoms with Gasteiger partial charge in [0.2, 0.25) is 0 Å². The summed E-state index contributed by atoms with van der Waals surface area (Å²) in [4.78, 5) is 0. The first kappa shape index (κ1) is 12.5. The average molecular weight is 267 g/mol. The monoisotopic (exact) mass is 266 g/mol. The van der Waals surface area contributed by atoms with E-state index in [0.29, 0.717) is 5.30 Å². The molecular weight excluding hydrogens is 254 g/mol. The molecule has 0 heterocycles. The van der Waals surface area contributed by atoms with Crippen LogP contribution < -0.4 is 10.6 Å². The molecule has 1 unspecified atom stereocenters. The van der Waals surface area contributed by atoms with Gasteiger partial charge in [-0.1, -0.05) is 47.6 Å². The molecule has 1 atom stereocenters. The van der Waals surface area contributed by atoms with Crippen molar-refractivity contribution in [3.05, 3.63) is 59.4 Å². The number of rotatable bonds is 2. The lowest BCUT2D eigenvalue weighted by atomic mass is 10.1.